The van der Waals surface area contributed by atoms with E-state index in [2.05, 4.69) is 0 Å². The molecule has 1 aliphatic rings. The number of hydrogen-bond donors (Lipinski definition) is 1. The number of ether oxygens (including phenoxy) is 2. The van der Waals surface area contributed by atoms with Gasteiger partial charge in [-0.1, -0.05) is 29.8 Å². The van der Waals surface area contributed by atoms with Crippen LogP contribution >= 0.6 is 11.6 Å². The van der Waals surface area contributed by atoms with Gasteiger partial charge in [-0.05, 0) is 67.9 Å². The third-order valence-corrected chi connectivity index (χ3v) is 5.71. The van der Waals surface area contributed by atoms with Gasteiger partial charge < -0.3 is 14.6 Å². The van der Waals surface area contributed by atoms with Crippen molar-refractivity contribution in [2.75, 3.05) is 12.0 Å². The summed E-state index contributed by atoms with van der Waals surface area (Å²) in [6.45, 7) is 3.86. The van der Waals surface area contributed by atoms with E-state index in [0.717, 1.165) is 0 Å². The fourth-order valence-electron chi connectivity index (χ4n) is 3.94. The molecule has 3 aromatic rings. The summed E-state index contributed by atoms with van der Waals surface area (Å²) in [4.78, 5) is 27.9. The molecule has 0 bridgehead atoms. The molecule has 1 atom stereocenters. The second kappa shape index (κ2) is 9.61. The lowest BCUT2D eigenvalue weighted by Gasteiger charge is -2.26. The van der Waals surface area contributed by atoms with Crippen molar-refractivity contribution in [2.24, 2.45) is 0 Å². The number of hydrogen-bond acceptors (Lipinski definition) is 5. The maximum absolute atomic E-state index is 13.2. The van der Waals surface area contributed by atoms with Gasteiger partial charge in [0.1, 0.15) is 17.3 Å². The normalized spacial score (nSPS) is 17.3. The van der Waals surface area contributed by atoms with Gasteiger partial charge in [0.2, 0.25) is 0 Å². The Labute approximate surface area is 203 Å². The van der Waals surface area contributed by atoms with Crippen LogP contribution in [0.15, 0.2) is 78.4 Å². The predicted octanol–water partition coefficient (Wildman–Crippen LogP) is 5.76. The fraction of sp³-hybridized carbons (Fsp3) is 0.185. The molecule has 0 spiro atoms. The number of aliphatic hydroxyl groups is 1. The zero-order valence-corrected chi connectivity index (χ0v) is 19.7. The molecule has 1 saturated heterocycles. The Bertz CT molecular complexity index is 1250. The van der Waals surface area contributed by atoms with E-state index in [9.17, 15) is 14.7 Å². The Morgan fingerprint density at radius 2 is 1.65 bits per heavy atom. The molecular formula is C27H24ClNO5. The van der Waals surface area contributed by atoms with Crippen LogP contribution in [-0.4, -0.2) is 30.0 Å². The minimum absolute atomic E-state index is 0.00169. The summed E-state index contributed by atoms with van der Waals surface area (Å²) in [5.74, 6) is -0.585. The van der Waals surface area contributed by atoms with Crippen LogP contribution in [-0.2, 0) is 9.59 Å². The molecule has 0 radical (unpaired) electrons. The molecule has 0 saturated carbocycles. The number of nitrogens with zero attached hydrogens (tertiary/aromatic N) is 1. The Balaban J connectivity index is 1.89. The Kier molecular flexibility index (Phi) is 6.61. The van der Waals surface area contributed by atoms with Crippen molar-refractivity contribution >= 4 is 34.7 Å². The van der Waals surface area contributed by atoms with Crippen molar-refractivity contribution < 1.29 is 24.2 Å². The summed E-state index contributed by atoms with van der Waals surface area (Å²) in [6, 6.07) is 19.6. The van der Waals surface area contributed by atoms with Crippen molar-refractivity contribution in [3.05, 3.63) is 94.5 Å². The number of aliphatic hydroxyl groups excluding tert-OH is 1. The van der Waals surface area contributed by atoms with E-state index >= 15 is 0 Å². The van der Waals surface area contributed by atoms with Gasteiger partial charge in [-0.25, -0.2) is 0 Å². The lowest BCUT2D eigenvalue weighted by molar-refractivity contribution is -0.132. The summed E-state index contributed by atoms with van der Waals surface area (Å²) in [5.41, 5.74) is 1.50. The molecule has 1 unspecified atom stereocenters. The summed E-state index contributed by atoms with van der Waals surface area (Å²) in [5, 5.41) is 11.6. The van der Waals surface area contributed by atoms with Gasteiger partial charge in [0.05, 0.1) is 24.8 Å². The van der Waals surface area contributed by atoms with E-state index in [1.807, 2.05) is 13.8 Å². The SMILES string of the molecule is COc1cccc(N2C(=O)C(=O)/C(=C(/O)c3ccc(Cl)cc3)C2c2ccc(OC(C)C)cc2)c1. The van der Waals surface area contributed by atoms with E-state index < -0.39 is 17.7 Å². The number of amides is 1. The lowest BCUT2D eigenvalue weighted by Crippen LogP contribution is -2.29. The van der Waals surface area contributed by atoms with E-state index in [1.165, 1.54) is 12.0 Å². The predicted molar refractivity (Wildman–Crippen MR) is 131 cm³/mol. The molecule has 6 nitrogen and oxygen atoms in total. The smallest absolute Gasteiger partial charge is 0.300 e. The maximum Gasteiger partial charge on any atom is 0.300 e. The average molecular weight is 478 g/mol. The maximum atomic E-state index is 13.2. The van der Waals surface area contributed by atoms with Gasteiger partial charge in [0.15, 0.2) is 0 Å². The molecule has 174 valence electrons. The lowest BCUT2D eigenvalue weighted by atomic mass is 9.95. The van der Waals surface area contributed by atoms with Crippen LogP contribution in [0, 0.1) is 0 Å². The van der Waals surface area contributed by atoms with Crippen LogP contribution in [0.2, 0.25) is 5.02 Å². The molecule has 1 fully saturated rings. The number of rotatable bonds is 6. The van der Waals surface area contributed by atoms with Crippen LogP contribution in [0.25, 0.3) is 5.76 Å². The highest BCUT2D eigenvalue weighted by Gasteiger charge is 2.47. The zero-order valence-electron chi connectivity index (χ0n) is 19.0. The van der Waals surface area contributed by atoms with Crippen LogP contribution in [0.4, 0.5) is 5.69 Å². The fourth-order valence-corrected chi connectivity index (χ4v) is 4.06. The first-order valence-electron chi connectivity index (χ1n) is 10.8. The molecular weight excluding hydrogens is 454 g/mol. The highest BCUT2D eigenvalue weighted by Crippen LogP contribution is 2.43. The topological polar surface area (TPSA) is 76.1 Å². The van der Waals surface area contributed by atoms with Crippen molar-refractivity contribution in [1.29, 1.82) is 0 Å². The number of methoxy groups -OCH3 is 1. The number of anilines is 1. The van der Waals surface area contributed by atoms with Crippen molar-refractivity contribution in [3.63, 3.8) is 0 Å². The molecule has 0 aromatic heterocycles. The van der Waals surface area contributed by atoms with Crippen molar-refractivity contribution in [3.8, 4) is 11.5 Å². The second-order valence-corrected chi connectivity index (χ2v) is 8.55. The third-order valence-electron chi connectivity index (χ3n) is 5.46. The molecule has 1 amide bonds. The average Bonchev–Trinajstić information content (AvgIpc) is 3.09. The van der Waals surface area contributed by atoms with Crippen LogP contribution in [0.1, 0.15) is 31.0 Å². The van der Waals surface area contributed by atoms with E-state index in [-0.39, 0.29) is 17.4 Å². The third kappa shape index (κ3) is 4.50. The standard InChI is InChI=1S/C27H24ClNO5/c1-16(2)34-21-13-9-17(10-14-21)24-23(25(30)18-7-11-19(28)12-8-18)26(31)27(32)29(24)20-5-4-6-22(15-20)33-3/h4-16,24,30H,1-3H3/b25-23+. The number of halogens is 1. The molecule has 0 aliphatic carbocycles. The molecule has 1 N–H and O–H groups in total. The van der Waals surface area contributed by atoms with E-state index in [0.29, 0.717) is 33.3 Å². The summed E-state index contributed by atoms with van der Waals surface area (Å²) in [7, 11) is 1.53. The Hall–Kier alpha value is -3.77. The van der Waals surface area contributed by atoms with E-state index in [1.54, 1.807) is 72.8 Å². The monoisotopic (exact) mass is 477 g/mol. The van der Waals surface area contributed by atoms with Gasteiger partial charge in [-0.15, -0.1) is 0 Å². The molecule has 34 heavy (non-hydrogen) atoms. The summed E-state index contributed by atoms with van der Waals surface area (Å²) in [6.07, 6.45) is -0.00169. The largest absolute Gasteiger partial charge is 0.507 e. The zero-order chi connectivity index (χ0) is 24.4. The number of Topliss-reactive ketones (excluding diaryl/α,β-unsaturated/α-hetero) is 1. The minimum atomic E-state index is -0.851. The Morgan fingerprint density at radius 3 is 2.26 bits per heavy atom. The van der Waals surface area contributed by atoms with Crippen LogP contribution in [0.3, 0.4) is 0 Å². The summed E-state index contributed by atoms with van der Waals surface area (Å²) >= 11 is 5.98. The van der Waals surface area contributed by atoms with Gasteiger partial charge >= 0.3 is 0 Å². The Morgan fingerprint density at radius 1 is 0.971 bits per heavy atom. The number of carbonyl (C=O) groups excluding carboxylic acids is 2. The van der Waals surface area contributed by atoms with Gasteiger partial charge in [0.25, 0.3) is 11.7 Å². The second-order valence-electron chi connectivity index (χ2n) is 8.11. The number of carbonyl (C=O) groups is 2. The van der Waals surface area contributed by atoms with Gasteiger partial charge in [-0.3, -0.25) is 14.5 Å². The molecule has 1 heterocycles. The van der Waals surface area contributed by atoms with Crippen molar-refractivity contribution in [1.82, 2.24) is 0 Å². The minimum Gasteiger partial charge on any atom is -0.507 e. The first kappa shape index (κ1) is 23.4. The quantitative estimate of drug-likeness (QED) is 0.277. The first-order chi connectivity index (χ1) is 16.3. The molecule has 4 rings (SSSR count). The number of benzene rings is 3. The first-order valence-corrected chi connectivity index (χ1v) is 11.2. The molecule has 7 heteroatoms. The highest BCUT2D eigenvalue weighted by molar-refractivity contribution is 6.51. The number of ketones is 1. The summed E-state index contributed by atoms with van der Waals surface area (Å²) < 4.78 is 11.0. The van der Waals surface area contributed by atoms with Crippen LogP contribution < -0.4 is 14.4 Å². The van der Waals surface area contributed by atoms with E-state index in [4.69, 9.17) is 21.1 Å². The van der Waals surface area contributed by atoms with Crippen molar-refractivity contribution in [2.45, 2.75) is 26.0 Å². The van der Waals surface area contributed by atoms with Gasteiger partial charge in [-0.2, -0.15) is 0 Å². The molecule has 1 aliphatic heterocycles. The van der Waals surface area contributed by atoms with Crippen LogP contribution in [0.5, 0.6) is 11.5 Å². The van der Waals surface area contributed by atoms with Gasteiger partial charge in [0, 0.05) is 22.3 Å². The molecule has 3 aromatic carbocycles. The highest BCUT2D eigenvalue weighted by atomic mass is 35.5.